The van der Waals surface area contributed by atoms with Gasteiger partial charge in [0.25, 0.3) is 0 Å². The summed E-state index contributed by atoms with van der Waals surface area (Å²) in [4.78, 5) is 8.44. The van der Waals surface area contributed by atoms with Gasteiger partial charge in [-0.3, -0.25) is 10.5 Å². The summed E-state index contributed by atoms with van der Waals surface area (Å²) >= 11 is 0. The van der Waals surface area contributed by atoms with Gasteiger partial charge in [-0.25, -0.2) is 9.78 Å². The van der Waals surface area contributed by atoms with E-state index in [0.29, 0.717) is 13.2 Å². The van der Waals surface area contributed by atoms with Crippen molar-refractivity contribution in [3.8, 4) is 0 Å². The van der Waals surface area contributed by atoms with Gasteiger partial charge in [0.2, 0.25) is 0 Å². The minimum atomic E-state index is 0.472. The molecule has 0 aromatic heterocycles. The molecule has 4 atom stereocenters. The van der Waals surface area contributed by atoms with Crippen molar-refractivity contribution in [2.75, 3.05) is 13.2 Å². The molecule has 4 nitrogen and oxygen atoms in total. The first kappa shape index (κ1) is 37.3. The summed E-state index contributed by atoms with van der Waals surface area (Å²) < 4.78 is 0. The Morgan fingerprint density at radius 3 is 1.50 bits per heavy atom. The van der Waals surface area contributed by atoms with Crippen molar-refractivity contribution < 1.29 is 20.3 Å². The number of rotatable bonds is 29. The summed E-state index contributed by atoms with van der Waals surface area (Å²) in [5.41, 5.74) is 0. The minimum absolute atomic E-state index is 0.472. The monoisotopic (exact) mass is 565 g/mol. The van der Waals surface area contributed by atoms with E-state index in [1.165, 1.54) is 128 Å². The molecule has 1 aliphatic rings. The first-order valence-corrected chi connectivity index (χ1v) is 17.6. The third kappa shape index (κ3) is 19.4. The third-order valence-corrected chi connectivity index (χ3v) is 9.24. The van der Waals surface area contributed by atoms with E-state index in [0.717, 1.165) is 49.4 Å². The number of hydrogen-bond acceptors (Lipinski definition) is 4. The zero-order chi connectivity index (χ0) is 28.9. The first-order valence-electron chi connectivity index (χ1n) is 17.6. The van der Waals surface area contributed by atoms with E-state index in [9.17, 15) is 0 Å². The van der Waals surface area contributed by atoms with Crippen LogP contribution in [0, 0.1) is 23.7 Å². The van der Waals surface area contributed by atoms with Crippen LogP contribution in [0.4, 0.5) is 0 Å². The van der Waals surface area contributed by atoms with Crippen LogP contribution >= 0.6 is 0 Å². The Kier molecular flexibility index (Phi) is 26.6. The maximum Gasteiger partial charge on any atom is 0.0819 e. The Morgan fingerprint density at radius 2 is 0.950 bits per heavy atom. The van der Waals surface area contributed by atoms with E-state index in [1.807, 2.05) is 0 Å². The molecule has 0 aromatic rings. The molecule has 0 spiro atoms. The molecule has 0 saturated carbocycles. The van der Waals surface area contributed by atoms with Crippen LogP contribution in [0.5, 0.6) is 0 Å². The lowest BCUT2D eigenvalue weighted by Crippen LogP contribution is -2.31. The molecule has 0 aromatic carbocycles. The molecule has 236 valence electrons. The Balaban J connectivity index is 2.74. The Labute approximate surface area is 249 Å². The largest absolute Gasteiger partial charge is 0.252 e. The molecule has 0 aliphatic heterocycles. The van der Waals surface area contributed by atoms with Gasteiger partial charge in [-0.15, -0.1) is 0 Å². The van der Waals surface area contributed by atoms with Crippen LogP contribution in [0.1, 0.15) is 168 Å². The van der Waals surface area contributed by atoms with Crippen molar-refractivity contribution in [3.05, 3.63) is 24.3 Å². The van der Waals surface area contributed by atoms with Gasteiger partial charge in [-0.2, -0.15) is 0 Å². The first-order chi connectivity index (χ1) is 19.8. The van der Waals surface area contributed by atoms with Gasteiger partial charge in [0, 0.05) is 0 Å². The fourth-order valence-corrected chi connectivity index (χ4v) is 6.80. The average molecular weight is 565 g/mol. The molecule has 0 fully saturated rings. The molecule has 0 radical (unpaired) electrons. The quantitative estimate of drug-likeness (QED) is 0.0410. The lowest BCUT2D eigenvalue weighted by atomic mass is 9.65. The highest BCUT2D eigenvalue weighted by Crippen LogP contribution is 2.44. The normalized spacial score (nSPS) is 21.1. The van der Waals surface area contributed by atoms with Gasteiger partial charge >= 0.3 is 0 Å². The van der Waals surface area contributed by atoms with Crippen molar-refractivity contribution in [1.82, 2.24) is 0 Å². The molecule has 0 bridgehead atoms. The van der Waals surface area contributed by atoms with E-state index < -0.39 is 0 Å². The van der Waals surface area contributed by atoms with Gasteiger partial charge in [-0.1, -0.05) is 141 Å². The zero-order valence-electron chi connectivity index (χ0n) is 26.7. The molecule has 4 heteroatoms. The Hall–Kier alpha value is -0.680. The SMILES string of the molecule is CCCCC/C=C/CC1C(CCCCCC)C=CC(CCCCCCCCOO)C1CCCCCCCCOO. The van der Waals surface area contributed by atoms with Crippen LogP contribution in [0.2, 0.25) is 0 Å². The molecule has 4 unspecified atom stereocenters. The van der Waals surface area contributed by atoms with E-state index in [4.69, 9.17) is 10.5 Å². The molecular formula is C36H68O4. The highest BCUT2D eigenvalue weighted by molar-refractivity contribution is 5.06. The number of hydrogen-bond donors (Lipinski definition) is 2. The van der Waals surface area contributed by atoms with Gasteiger partial charge in [0.15, 0.2) is 0 Å². The maximum atomic E-state index is 8.53. The summed E-state index contributed by atoms with van der Waals surface area (Å²) in [5, 5.41) is 17.0. The highest BCUT2D eigenvalue weighted by Gasteiger charge is 2.34. The predicted octanol–water partition coefficient (Wildman–Crippen LogP) is 12.0. The molecular weight excluding hydrogens is 496 g/mol. The van der Waals surface area contributed by atoms with Crippen molar-refractivity contribution in [2.45, 2.75) is 168 Å². The fourth-order valence-electron chi connectivity index (χ4n) is 6.80. The maximum absolute atomic E-state index is 8.53. The second-order valence-corrected chi connectivity index (χ2v) is 12.6. The smallest absolute Gasteiger partial charge is 0.0819 e. The van der Waals surface area contributed by atoms with Crippen LogP contribution in [0.3, 0.4) is 0 Å². The lowest BCUT2D eigenvalue weighted by molar-refractivity contribution is -0.242. The molecule has 0 saturated heterocycles. The molecule has 40 heavy (non-hydrogen) atoms. The van der Waals surface area contributed by atoms with Crippen LogP contribution in [0.15, 0.2) is 24.3 Å². The molecule has 1 rings (SSSR count). The van der Waals surface area contributed by atoms with Crippen molar-refractivity contribution in [3.63, 3.8) is 0 Å². The van der Waals surface area contributed by atoms with E-state index in [2.05, 4.69) is 47.9 Å². The molecule has 0 heterocycles. The average Bonchev–Trinajstić information content (AvgIpc) is 2.97. The second kappa shape index (κ2) is 28.4. The topological polar surface area (TPSA) is 58.9 Å². The highest BCUT2D eigenvalue weighted by atomic mass is 17.1. The standard InChI is InChI=1S/C36H68O4/c1-3-5-7-9-15-21-27-35-33(25-19-8-6-4-2)29-30-34(26-20-14-10-12-17-23-31-39-37)36(35)28-22-16-11-13-18-24-32-40-38/h15,21,29-30,33-38H,3-14,16-20,22-28,31-32H2,1-2H3/b21-15+. The fraction of sp³-hybridized carbons (Fsp3) is 0.889. The lowest BCUT2D eigenvalue weighted by Gasteiger charge is -2.40. The van der Waals surface area contributed by atoms with Gasteiger partial charge in [-0.05, 0) is 75.0 Å². The van der Waals surface area contributed by atoms with Crippen molar-refractivity contribution in [2.24, 2.45) is 23.7 Å². The van der Waals surface area contributed by atoms with E-state index in [1.54, 1.807) is 0 Å². The van der Waals surface area contributed by atoms with Crippen LogP contribution in [0.25, 0.3) is 0 Å². The predicted molar refractivity (Wildman–Crippen MR) is 172 cm³/mol. The number of allylic oxidation sites excluding steroid dienone is 4. The molecule has 1 aliphatic carbocycles. The van der Waals surface area contributed by atoms with Gasteiger partial charge in [0.1, 0.15) is 0 Å². The Morgan fingerprint density at radius 1 is 0.500 bits per heavy atom. The van der Waals surface area contributed by atoms with Crippen molar-refractivity contribution in [1.29, 1.82) is 0 Å². The summed E-state index contributed by atoms with van der Waals surface area (Å²) in [7, 11) is 0. The summed E-state index contributed by atoms with van der Waals surface area (Å²) in [6.45, 7) is 5.55. The third-order valence-electron chi connectivity index (χ3n) is 9.24. The van der Waals surface area contributed by atoms with Gasteiger partial charge in [0.05, 0.1) is 13.2 Å². The number of unbranched alkanes of at least 4 members (excludes halogenated alkanes) is 16. The van der Waals surface area contributed by atoms with E-state index in [-0.39, 0.29) is 0 Å². The van der Waals surface area contributed by atoms with E-state index >= 15 is 0 Å². The van der Waals surface area contributed by atoms with Gasteiger partial charge < -0.3 is 0 Å². The van der Waals surface area contributed by atoms with Crippen LogP contribution < -0.4 is 0 Å². The Bertz CT molecular complexity index is 575. The minimum Gasteiger partial charge on any atom is -0.252 e. The molecule has 2 N–H and O–H groups in total. The second-order valence-electron chi connectivity index (χ2n) is 12.6. The zero-order valence-corrected chi connectivity index (χ0v) is 26.7. The van der Waals surface area contributed by atoms with Crippen LogP contribution in [-0.2, 0) is 9.78 Å². The van der Waals surface area contributed by atoms with Crippen LogP contribution in [-0.4, -0.2) is 23.7 Å². The van der Waals surface area contributed by atoms with Crippen molar-refractivity contribution >= 4 is 0 Å². The summed E-state index contributed by atoms with van der Waals surface area (Å²) in [5.74, 6) is 3.13. The summed E-state index contributed by atoms with van der Waals surface area (Å²) in [6.07, 6.45) is 41.2. The summed E-state index contributed by atoms with van der Waals surface area (Å²) in [6, 6.07) is 0. The molecule has 0 amide bonds.